The van der Waals surface area contributed by atoms with E-state index in [0.717, 1.165) is 22.3 Å². The predicted octanol–water partition coefficient (Wildman–Crippen LogP) is 5.25. The van der Waals surface area contributed by atoms with Crippen molar-refractivity contribution in [3.8, 4) is 11.5 Å². The lowest BCUT2D eigenvalue weighted by molar-refractivity contribution is -0.140. The van der Waals surface area contributed by atoms with Crippen LogP contribution in [-0.4, -0.2) is 42.0 Å². The minimum absolute atomic E-state index is 0.0802. The molecule has 0 bridgehead atoms. The summed E-state index contributed by atoms with van der Waals surface area (Å²) in [5.41, 5.74) is 3.48. The molecule has 4 rings (SSSR count). The van der Waals surface area contributed by atoms with Gasteiger partial charge in [0, 0.05) is 36.9 Å². The van der Waals surface area contributed by atoms with Gasteiger partial charge in [0.1, 0.15) is 6.04 Å². The van der Waals surface area contributed by atoms with E-state index in [1.54, 1.807) is 55.8 Å². The summed E-state index contributed by atoms with van der Waals surface area (Å²) in [5, 5.41) is 3.63. The molecule has 0 unspecified atom stereocenters. The number of methoxy groups -OCH3 is 2. The molecule has 7 nitrogen and oxygen atoms in total. The first-order valence-electron chi connectivity index (χ1n) is 12.9. The summed E-state index contributed by atoms with van der Waals surface area (Å²) in [6.45, 7) is 0.564. The van der Waals surface area contributed by atoms with E-state index in [4.69, 9.17) is 21.1 Å². The maximum atomic E-state index is 14.0. The smallest absolute Gasteiger partial charge is 0.243 e. The van der Waals surface area contributed by atoms with Gasteiger partial charge in [0.05, 0.1) is 20.6 Å². The number of hydrogen-bond acceptors (Lipinski definition) is 5. The van der Waals surface area contributed by atoms with Gasteiger partial charge in [-0.1, -0.05) is 60.1 Å². The predicted molar refractivity (Wildman–Crippen MR) is 155 cm³/mol. The van der Waals surface area contributed by atoms with Crippen LogP contribution < -0.4 is 14.8 Å². The molecule has 2 amide bonds. The number of ether oxygens (including phenoxy) is 2. The topological polar surface area (TPSA) is 80.8 Å². The van der Waals surface area contributed by atoms with Crippen molar-refractivity contribution in [1.82, 2.24) is 15.2 Å². The third-order valence-corrected chi connectivity index (χ3v) is 6.81. The molecule has 1 aromatic heterocycles. The molecule has 4 aromatic rings. The summed E-state index contributed by atoms with van der Waals surface area (Å²) in [6, 6.07) is 25.3. The number of pyridine rings is 1. The maximum absolute atomic E-state index is 14.0. The Morgan fingerprint density at radius 2 is 1.50 bits per heavy atom. The average Bonchev–Trinajstić information content (AvgIpc) is 2.99. The monoisotopic (exact) mass is 557 g/mol. The van der Waals surface area contributed by atoms with Gasteiger partial charge >= 0.3 is 0 Å². The zero-order valence-corrected chi connectivity index (χ0v) is 23.3. The second-order valence-corrected chi connectivity index (χ2v) is 9.73. The van der Waals surface area contributed by atoms with Gasteiger partial charge in [-0.25, -0.2) is 0 Å². The lowest BCUT2D eigenvalue weighted by atomic mass is 10.0. The second-order valence-electron chi connectivity index (χ2n) is 9.29. The summed E-state index contributed by atoms with van der Waals surface area (Å²) in [5.74, 6) is 0.680. The number of amides is 2. The molecule has 1 N–H and O–H groups in total. The van der Waals surface area contributed by atoms with Gasteiger partial charge in [0.15, 0.2) is 11.5 Å². The van der Waals surface area contributed by atoms with Crippen molar-refractivity contribution in [1.29, 1.82) is 0 Å². The average molecular weight is 558 g/mol. The van der Waals surface area contributed by atoms with E-state index in [2.05, 4.69) is 10.3 Å². The van der Waals surface area contributed by atoms with E-state index in [1.165, 1.54) is 0 Å². The number of halogens is 1. The summed E-state index contributed by atoms with van der Waals surface area (Å²) in [4.78, 5) is 33.4. The van der Waals surface area contributed by atoms with Crippen molar-refractivity contribution < 1.29 is 19.1 Å². The van der Waals surface area contributed by atoms with Gasteiger partial charge in [-0.2, -0.15) is 0 Å². The Morgan fingerprint density at radius 1 is 0.825 bits per heavy atom. The van der Waals surface area contributed by atoms with Crippen LogP contribution in [0.3, 0.4) is 0 Å². The molecule has 0 aliphatic rings. The number of carbonyl (C=O) groups is 2. The van der Waals surface area contributed by atoms with Crippen LogP contribution in [0.5, 0.6) is 11.5 Å². The molecule has 1 heterocycles. The molecule has 8 heteroatoms. The molecule has 0 saturated carbocycles. The second kappa shape index (κ2) is 14.1. The number of nitrogens with zero attached hydrogens (tertiary/aromatic N) is 2. The van der Waals surface area contributed by atoms with Crippen LogP contribution in [-0.2, 0) is 35.5 Å². The van der Waals surface area contributed by atoms with Crippen molar-refractivity contribution in [2.45, 2.75) is 32.0 Å². The highest BCUT2D eigenvalue weighted by atomic mass is 35.5. The molecular formula is C32H32ClN3O4. The molecule has 1 atom stereocenters. The summed E-state index contributed by atoms with van der Waals surface area (Å²) in [6.07, 6.45) is 3.80. The summed E-state index contributed by atoms with van der Waals surface area (Å²) >= 11 is 6.12. The number of nitrogens with one attached hydrogen (secondary N) is 1. The molecule has 0 saturated heterocycles. The van der Waals surface area contributed by atoms with Crippen LogP contribution in [0.1, 0.15) is 22.3 Å². The minimum Gasteiger partial charge on any atom is -0.493 e. The van der Waals surface area contributed by atoms with Gasteiger partial charge in [-0.3, -0.25) is 14.6 Å². The lowest BCUT2D eigenvalue weighted by Gasteiger charge is -2.32. The largest absolute Gasteiger partial charge is 0.493 e. The Morgan fingerprint density at radius 3 is 2.17 bits per heavy atom. The van der Waals surface area contributed by atoms with E-state index in [-0.39, 0.29) is 24.8 Å². The van der Waals surface area contributed by atoms with Gasteiger partial charge in [0.25, 0.3) is 0 Å². The highest BCUT2D eigenvalue weighted by molar-refractivity contribution is 6.30. The van der Waals surface area contributed by atoms with E-state index < -0.39 is 6.04 Å². The van der Waals surface area contributed by atoms with Gasteiger partial charge in [-0.15, -0.1) is 0 Å². The van der Waals surface area contributed by atoms with E-state index in [1.807, 2.05) is 60.7 Å². The zero-order chi connectivity index (χ0) is 28.3. The highest BCUT2D eigenvalue weighted by Gasteiger charge is 2.30. The van der Waals surface area contributed by atoms with Crippen molar-refractivity contribution >= 4 is 23.4 Å². The highest BCUT2D eigenvalue weighted by Crippen LogP contribution is 2.28. The molecule has 0 fully saturated rings. The molecular weight excluding hydrogens is 526 g/mol. The first kappa shape index (κ1) is 28.6. The number of aromatic nitrogens is 1. The molecule has 0 spiro atoms. The lowest BCUT2D eigenvalue weighted by Crippen LogP contribution is -2.50. The fourth-order valence-corrected chi connectivity index (χ4v) is 4.54. The van der Waals surface area contributed by atoms with E-state index in [9.17, 15) is 9.59 Å². The van der Waals surface area contributed by atoms with Crippen LogP contribution in [0.4, 0.5) is 0 Å². The van der Waals surface area contributed by atoms with Crippen molar-refractivity contribution in [3.05, 3.63) is 125 Å². The van der Waals surface area contributed by atoms with Crippen LogP contribution in [0.15, 0.2) is 97.3 Å². The van der Waals surface area contributed by atoms with Crippen LogP contribution in [0.2, 0.25) is 5.02 Å². The zero-order valence-electron chi connectivity index (χ0n) is 22.5. The number of rotatable bonds is 12. The molecule has 0 aliphatic carbocycles. The standard InChI is InChI=1S/C32H32ClN3O4/c1-39-29-13-10-26(19-30(29)40-2)20-31(37)36(22-25-8-11-27(33)12-9-25)28(18-23-6-4-3-5-7-23)32(38)35-21-24-14-16-34-17-15-24/h3-17,19,28H,18,20-22H2,1-2H3,(H,35,38)/t28-/m1/s1. The van der Waals surface area contributed by atoms with Gasteiger partial charge in [0.2, 0.25) is 11.8 Å². The Bertz CT molecular complexity index is 1400. The Labute approximate surface area is 239 Å². The third kappa shape index (κ3) is 7.83. The Balaban J connectivity index is 1.66. The van der Waals surface area contributed by atoms with Gasteiger partial charge < -0.3 is 19.7 Å². The number of benzene rings is 3. The quantitative estimate of drug-likeness (QED) is 0.257. The van der Waals surface area contributed by atoms with Crippen LogP contribution in [0, 0.1) is 0 Å². The summed E-state index contributed by atoms with van der Waals surface area (Å²) in [7, 11) is 3.12. The van der Waals surface area contributed by atoms with E-state index in [0.29, 0.717) is 29.5 Å². The molecule has 206 valence electrons. The molecule has 40 heavy (non-hydrogen) atoms. The van der Waals surface area contributed by atoms with Crippen LogP contribution in [0.25, 0.3) is 0 Å². The maximum Gasteiger partial charge on any atom is 0.243 e. The molecule has 0 aliphatic heterocycles. The Hall–Kier alpha value is -4.36. The Kier molecular flexibility index (Phi) is 10.1. The third-order valence-electron chi connectivity index (χ3n) is 6.56. The van der Waals surface area contributed by atoms with Crippen molar-refractivity contribution in [2.24, 2.45) is 0 Å². The fourth-order valence-electron chi connectivity index (χ4n) is 4.41. The first-order valence-corrected chi connectivity index (χ1v) is 13.3. The molecule has 3 aromatic carbocycles. The normalized spacial score (nSPS) is 11.4. The summed E-state index contributed by atoms with van der Waals surface area (Å²) < 4.78 is 10.8. The van der Waals surface area contributed by atoms with Crippen LogP contribution >= 0.6 is 11.6 Å². The van der Waals surface area contributed by atoms with Crippen molar-refractivity contribution in [2.75, 3.05) is 14.2 Å². The SMILES string of the molecule is COc1ccc(CC(=O)N(Cc2ccc(Cl)cc2)[C@H](Cc2ccccc2)C(=O)NCc2ccncc2)cc1OC. The fraction of sp³-hybridized carbons (Fsp3) is 0.219. The van der Waals surface area contributed by atoms with Gasteiger partial charge in [-0.05, 0) is 58.7 Å². The first-order chi connectivity index (χ1) is 19.5. The van der Waals surface area contributed by atoms with E-state index >= 15 is 0 Å². The van der Waals surface area contributed by atoms with Crippen molar-refractivity contribution in [3.63, 3.8) is 0 Å². The minimum atomic E-state index is -0.757. The molecule has 0 radical (unpaired) electrons. The number of hydrogen-bond donors (Lipinski definition) is 1. The number of carbonyl (C=O) groups excluding carboxylic acids is 2.